The van der Waals surface area contributed by atoms with E-state index in [-0.39, 0.29) is 4.99 Å². The average molecular weight is 276 g/mol. The summed E-state index contributed by atoms with van der Waals surface area (Å²) in [5.74, 6) is -5.87. The maximum absolute atomic E-state index is 13.3. The molecule has 1 amide bonds. The SMILES string of the molecule is CCC(C(=O)Nc1ccc(F)c(F)c1F)C(N)=S. The number of anilines is 1. The molecule has 1 atom stereocenters. The molecule has 3 N–H and O–H groups in total. The summed E-state index contributed by atoms with van der Waals surface area (Å²) in [4.78, 5) is 11.6. The molecule has 0 heterocycles. The molecule has 1 aromatic carbocycles. The van der Waals surface area contributed by atoms with E-state index >= 15 is 0 Å². The maximum atomic E-state index is 13.3. The summed E-state index contributed by atoms with van der Waals surface area (Å²) in [6.45, 7) is 1.67. The zero-order chi connectivity index (χ0) is 13.9. The summed E-state index contributed by atoms with van der Waals surface area (Å²) >= 11 is 4.68. The van der Waals surface area contributed by atoms with Crippen LogP contribution in [0.25, 0.3) is 0 Å². The van der Waals surface area contributed by atoms with Gasteiger partial charge in [-0.1, -0.05) is 19.1 Å². The molecule has 3 nitrogen and oxygen atoms in total. The van der Waals surface area contributed by atoms with Crippen molar-refractivity contribution in [2.75, 3.05) is 5.32 Å². The van der Waals surface area contributed by atoms with Gasteiger partial charge in [0.2, 0.25) is 5.91 Å². The largest absolute Gasteiger partial charge is 0.393 e. The summed E-state index contributed by atoms with van der Waals surface area (Å²) in [5.41, 5.74) is 4.89. The third kappa shape index (κ3) is 2.98. The molecule has 0 aliphatic rings. The van der Waals surface area contributed by atoms with Crippen LogP contribution in [0.5, 0.6) is 0 Å². The van der Waals surface area contributed by atoms with Crippen LogP contribution < -0.4 is 11.1 Å². The van der Waals surface area contributed by atoms with Crippen LogP contribution in [0.1, 0.15) is 13.3 Å². The Bertz CT molecular complexity index is 493. The second kappa shape index (κ2) is 5.81. The van der Waals surface area contributed by atoms with Crippen molar-refractivity contribution in [3.63, 3.8) is 0 Å². The van der Waals surface area contributed by atoms with Gasteiger partial charge in [-0.15, -0.1) is 0 Å². The zero-order valence-electron chi connectivity index (χ0n) is 9.47. The van der Waals surface area contributed by atoms with E-state index in [2.05, 4.69) is 17.5 Å². The number of thiocarbonyl (C=S) groups is 1. The predicted molar refractivity (Wildman–Crippen MR) is 65.5 cm³/mol. The van der Waals surface area contributed by atoms with E-state index in [1.807, 2.05) is 0 Å². The molecular formula is C11H11F3N2OS. The Kier molecular flexibility index (Phi) is 4.66. The van der Waals surface area contributed by atoms with Gasteiger partial charge in [-0.3, -0.25) is 4.79 Å². The smallest absolute Gasteiger partial charge is 0.234 e. The third-order valence-electron chi connectivity index (χ3n) is 2.36. The van der Waals surface area contributed by atoms with Crippen molar-refractivity contribution in [2.45, 2.75) is 13.3 Å². The summed E-state index contributed by atoms with van der Waals surface area (Å²) in [5, 5.41) is 2.12. The van der Waals surface area contributed by atoms with E-state index in [0.29, 0.717) is 6.42 Å². The number of nitrogens with two attached hydrogens (primary N) is 1. The van der Waals surface area contributed by atoms with Crippen molar-refractivity contribution in [3.8, 4) is 0 Å². The number of carbonyl (C=O) groups is 1. The molecule has 0 aliphatic carbocycles. The lowest BCUT2D eigenvalue weighted by Crippen LogP contribution is -2.33. The lowest BCUT2D eigenvalue weighted by molar-refractivity contribution is -0.118. The number of benzene rings is 1. The molecule has 0 saturated carbocycles. The molecule has 0 saturated heterocycles. The molecule has 0 bridgehead atoms. The minimum atomic E-state index is -1.64. The van der Waals surface area contributed by atoms with Crippen LogP contribution in [0.3, 0.4) is 0 Å². The van der Waals surface area contributed by atoms with Gasteiger partial charge in [0, 0.05) is 0 Å². The quantitative estimate of drug-likeness (QED) is 0.655. The first-order valence-corrected chi connectivity index (χ1v) is 5.53. The Morgan fingerprint density at radius 2 is 2.00 bits per heavy atom. The fourth-order valence-corrected chi connectivity index (χ4v) is 1.63. The molecule has 1 aromatic rings. The average Bonchev–Trinajstić information content (AvgIpc) is 2.30. The fourth-order valence-electron chi connectivity index (χ4n) is 1.36. The number of hydrogen-bond acceptors (Lipinski definition) is 2. The molecule has 1 unspecified atom stereocenters. The second-order valence-corrected chi connectivity index (χ2v) is 4.05. The van der Waals surface area contributed by atoms with E-state index in [9.17, 15) is 18.0 Å². The van der Waals surface area contributed by atoms with Gasteiger partial charge in [-0.25, -0.2) is 13.2 Å². The molecular weight excluding hydrogens is 265 g/mol. The lowest BCUT2D eigenvalue weighted by Gasteiger charge is -2.14. The van der Waals surface area contributed by atoms with Crippen LogP contribution in [0, 0.1) is 23.4 Å². The summed E-state index contributed by atoms with van der Waals surface area (Å²) in [6, 6.07) is 1.65. The Labute approximate surface area is 107 Å². The molecule has 0 aliphatic heterocycles. The van der Waals surface area contributed by atoms with Crippen molar-refractivity contribution in [1.29, 1.82) is 0 Å². The highest BCUT2D eigenvalue weighted by atomic mass is 32.1. The van der Waals surface area contributed by atoms with Crippen molar-refractivity contribution >= 4 is 28.8 Å². The van der Waals surface area contributed by atoms with E-state index < -0.39 is 35.0 Å². The van der Waals surface area contributed by atoms with Crippen LogP contribution in [0.2, 0.25) is 0 Å². The van der Waals surface area contributed by atoms with Gasteiger partial charge in [0.25, 0.3) is 0 Å². The van der Waals surface area contributed by atoms with Crippen LogP contribution in [-0.2, 0) is 4.79 Å². The Morgan fingerprint density at radius 3 is 2.50 bits per heavy atom. The number of carbonyl (C=O) groups excluding carboxylic acids is 1. The highest BCUT2D eigenvalue weighted by Gasteiger charge is 2.22. The maximum Gasteiger partial charge on any atom is 0.234 e. The Balaban J connectivity index is 2.95. The highest BCUT2D eigenvalue weighted by Crippen LogP contribution is 2.20. The summed E-state index contributed by atoms with van der Waals surface area (Å²) in [6.07, 6.45) is 0.326. The van der Waals surface area contributed by atoms with Gasteiger partial charge in [0.1, 0.15) is 0 Å². The molecule has 98 valence electrons. The van der Waals surface area contributed by atoms with E-state index in [4.69, 9.17) is 5.73 Å². The van der Waals surface area contributed by atoms with Gasteiger partial charge < -0.3 is 11.1 Å². The number of amides is 1. The molecule has 7 heteroatoms. The van der Waals surface area contributed by atoms with Gasteiger partial charge in [0.05, 0.1) is 16.6 Å². The molecule has 0 fully saturated rings. The highest BCUT2D eigenvalue weighted by molar-refractivity contribution is 7.80. The zero-order valence-corrected chi connectivity index (χ0v) is 10.3. The molecule has 1 rings (SSSR count). The summed E-state index contributed by atoms with van der Waals surface area (Å²) in [7, 11) is 0. The molecule has 18 heavy (non-hydrogen) atoms. The number of halogens is 3. The number of hydrogen-bond donors (Lipinski definition) is 2. The van der Waals surface area contributed by atoms with Gasteiger partial charge in [0.15, 0.2) is 17.5 Å². The predicted octanol–water partition coefficient (Wildman–Crippen LogP) is 2.35. The van der Waals surface area contributed by atoms with E-state index in [1.54, 1.807) is 6.92 Å². The molecule has 0 aromatic heterocycles. The Morgan fingerprint density at radius 1 is 1.39 bits per heavy atom. The standard InChI is InChI=1S/C11H11F3N2OS/c1-2-5(10(15)18)11(17)16-7-4-3-6(12)8(13)9(7)14/h3-5H,2H2,1H3,(H2,15,18)(H,16,17). The topological polar surface area (TPSA) is 55.1 Å². The van der Waals surface area contributed by atoms with Crippen LogP contribution >= 0.6 is 12.2 Å². The molecule has 0 radical (unpaired) electrons. The fraction of sp³-hybridized carbons (Fsp3) is 0.273. The van der Waals surface area contributed by atoms with Crippen LogP contribution in [-0.4, -0.2) is 10.9 Å². The third-order valence-corrected chi connectivity index (χ3v) is 2.65. The van der Waals surface area contributed by atoms with Crippen molar-refractivity contribution < 1.29 is 18.0 Å². The number of nitrogens with one attached hydrogen (secondary N) is 1. The van der Waals surface area contributed by atoms with Crippen LogP contribution in [0.4, 0.5) is 18.9 Å². The molecule has 0 spiro atoms. The van der Waals surface area contributed by atoms with Crippen LogP contribution in [0.15, 0.2) is 12.1 Å². The first-order chi connectivity index (χ1) is 8.38. The minimum absolute atomic E-state index is 0.0435. The van der Waals surface area contributed by atoms with E-state index in [0.717, 1.165) is 12.1 Å². The minimum Gasteiger partial charge on any atom is -0.393 e. The van der Waals surface area contributed by atoms with E-state index in [1.165, 1.54) is 0 Å². The van der Waals surface area contributed by atoms with Crippen molar-refractivity contribution in [3.05, 3.63) is 29.6 Å². The van der Waals surface area contributed by atoms with Gasteiger partial charge in [-0.05, 0) is 18.6 Å². The Hall–Kier alpha value is -1.63. The lowest BCUT2D eigenvalue weighted by atomic mass is 10.1. The van der Waals surface area contributed by atoms with Crippen molar-refractivity contribution in [2.24, 2.45) is 11.7 Å². The first-order valence-electron chi connectivity index (χ1n) is 5.12. The van der Waals surface area contributed by atoms with Crippen molar-refractivity contribution in [1.82, 2.24) is 0 Å². The van der Waals surface area contributed by atoms with Gasteiger partial charge >= 0.3 is 0 Å². The first kappa shape index (κ1) is 14.4. The van der Waals surface area contributed by atoms with Gasteiger partial charge in [-0.2, -0.15) is 0 Å². The second-order valence-electron chi connectivity index (χ2n) is 3.58. The normalized spacial score (nSPS) is 12.0. The summed E-state index contributed by atoms with van der Waals surface area (Å²) < 4.78 is 38.9. The number of rotatable bonds is 4. The monoisotopic (exact) mass is 276 g/mol.